The molecule has 0 unspecified atom stereocenters. The molecule has 1 aromatic heterocycles. The lowest BCUT2D eigenvalue weighted by molar-refractivity contribution is 0.0939. The maximum Gasteiger partial charge on any atom is 0.317 e. The van der Waals surface area contributed by atoms with Crippen LogP contribution in [0, 0.1) is 0 Å². The third-order valence-electron chi connectivity index (χ3n) is 4.38. The van der Waals surface area contributed by atoms with Crippen LogP contribution in [0.4, 0.5) is 4.79 Å². The fraction of sp³-hybridized carbons (Fsp3) is 0.421. The van der Waals surface area contributed by atoms with Crippen LogP contribution < -0.4 is 14.8 Å². The van der Waals surface area contributed by atoms with Gasteiger partial charge in [-0.15, -0.1) is 0 Å². The molecule has 2 aromatic rings. The molecule has 0 radical (unpaired) electrons. The number of benzene rings is 1. The molecule has 1 N–H and O–H groups in total. The summed E-state index contributed by atoms with van der Waals surface area (Å²) in [6.45, 7) is 1.85. The van der Waals surface area contributed by atoms with Gasteiger partial charge in [-0.2, -0.15) is 0 Å². The highest BCUT2D eigenvalue weighted by molar-refractivity contribution is 9.10. The number of urea groups is 1. The van der Waals surface area contributed by atoms with Crippen molar-refractivity contribution in [1.29, 1.82) is 0 Å². The fourth-order valence-corrected chi connectivity index (χ4v) is 3.15. The van der Waals surface area contributed by atoms with Gasteiger partial charge in [0.25, 0.3) is 0 Å². The number of rotatable bonds is 6. The molecule has 0 aliphatic carbocycles. The first kappa shape index (κ1) is 19.4. The molecule has 7 nitrogen and oxygen atoms in total. The zero-order valence-electron chi connectivity index (χ0n) is 15.2. The molecule has 0 bridgehead atoms. The minimum Gasteiger partial charge on any atom is -0.497 e. The minimum atomic E-state index is -0.0905. The van der Waals surface area contributed by atoms with Crippen molar-refractivity contribution < 1.29 is 14.3 Å². The number of halogens is 1. The predicted molar refractivity (Wildman–Crippen MR) is 105 cm³/mol. The van der Waals surface area contributed by atoms with Crippen molar-refractivity contribution >= 4 is 22.0 Å². The van der Waals surface area contributed by atoms with E-state index in [9.17, 15) is 4.79 Å². The molecule has 0 spiro atoms. The first-order valence-electron chi connectivity index (χ1n) is 8.94. The maximum absolute atomic E-state index is 12.4. The van der Waals surface area contributed by atoms with Gasteiger partial charge in [-0.3, -0.25) is 0 Å². The zero-order chi connectivity index (χ0) is 19.1. The van der Waals surface area contributed by atoms with Crippen molar-refractivity contribution in [2.45, 2.75) is 25.4 Å². The fourth-order valence-electron chi connectivity index (χ4n) is 2.95. The van der Waals surface area contributed by atoms with Gasteiger partial charge in [0, 0.05) is 25.5 Å². The summed E-state index contributed by atoms with van der Waals surface area (Å²) in [5, 5.41) is 2.98. The van der Waals surface area contributed by atoms with Crippen LogP contribution in [-0.2, 0) is 6.42 Å². The van der Waals surface area contributed by atoms with Gasteiger partial charge >= 0.3 is 12.0 Å². The normalized spacial score (nSPS) is 16.7. The summed E-state index contributed by atoms with van der Waals surface area (Å²) < 4.78 is 11.8. The number of piperidine rings is 1. The van der Waals surface area contributed by atoms with Crippen LogP contribution in [0.5, 0.6) is 11.8 Å². The molecule has 3 rings (SSSR count). The number of hydrogen-bond donors (Lipinski definition) is 1. The molecule has 144 valence electrons. The van der Waals surface area contributed by atoms with Crippen LogP contribution in [0.25, 0.3) is 0 Å². The van der Waals surface area contributed by atoms with Crippen LogP contribution in [0.1, 0.15) is 18.4 Å². The quantitative estimate of drug-likeness (QED) is 0.755. The van der Waals surface area contributed by atoms with Crippen molar-refractivity contribution in [2.24, 2.45) is 0 Å². The molecule has 2 amide bonds. The second-order valence-corrected chi connectivity index (χ2v) is 7.26. The largest absolute Gasteiger partial charge is 0.497 e. The molecular weight excluding hydrogens is 412 g/mol. The van der Waals surface area contributed by atoms with Gasteiger partial charge in [0.05, 0.1) is 18.1 Å². The first-order valence-corrected chi connectivity index (χ1v) is 9.73. The molecule has 0 saturated carbocycles. The first-order chi connectivity index (χ1) is 13.1. The van der Waals surface area contributed by atoms with Crippen LogP contribution in [0.2, 0.25) is 0 Å². The molecule has 27 heavy (non-hydrogen) atoms. The second-order valence-electron chi connectivity index (χ2n) is 6.34. The van der Waals surface area contributed by atoms with Crippen LogP contribution in [-0.4, -0.2) is 53.7 Å². The lowest BCUT2D eigenvalue weighted by Gasteiger charge is -2.32. The summed E-state index contributed by atoms with van der Waals surface area (Å²) in [4.78, 5) is 22.5. The number of carbonyl (C=O) groups excluding carboxylic acids is 1. The number of methoxy groups -OCH3 is 1. The SMILES string of the molecule is COc1ccc(CCNC(=O)N2CCC[C@@H](Oc3ncc(Br)cn3)C2)cc1. The maximum atomic E-state index is 12.4. The van der Waals surface area contributed by atoms with Gasteiger partial charge in [0.2, 0.25) is 0 Å². The van der Waals surface area contributed by atoms with E-state index in [4.69, 9.17) is 9.47 Å². The van der Waals surface area contributed by atoms with E-state index < -0.39 is 0 Å². The van der Waals surface area contributed by atoms with Gasteiger partial charge in [-0.05, 0) is 52.9 Å². The number of nitrogens with zero attached hydrogens (tertiary/aromatic N) is 3. The highest BCUT2D eigenvalue weighted by Gasteiger charge is 2.25. The summed E-state index contributed by atoms with van der Waals surface area (Å²) in [5.74, 6) is 0.830. The monoisotopic (exact) mass is 434 g/mol. The van der Waals surface area contributed by atoms with Crippen molar-refractivity contribution in [3.63, 3.8) is 0 Å². The van der Waals surface area contributed by atoms with E-state index in [1.807, 2.05) is 24.3 Å². The lowest BCUT2D eigenvalue weighted by atomic mass is 10.1. The number of nitrogens with one attached hydrogen (secondary N) is 1. The average Bonchev–Trinajstić information content (AvgIpc) is 2.70. The summed E-state index contributed by atoms with van der Waals surface area (Å²) in [6.07, 6.45) is 5.76. The van der Waals surface area contributed by atoms with E-state index >= 15 is 0 Å². The third-order valence-corrected chi connectivity index (χ3v) is 4.79. The number of carbonyl (C=O) groups is 1. The summed E-state index contributed by atoms with van der Waals surface area (Å²) in [5.41, 5.74) is 1.16. The van der Waals surface area contributed by atoms with Crippen molar-refractivity contribution in [3.8, 4) is 11.8 Å². The standard InChI is InChI=1S/C19H23BrN4O3/c1-26-16-6-4-14(5-7-16)8-9-21-19(25)24-10-2-3-17(13-24)27-18-22-11-15(20)12-23-18/h4-7,11-12,17H,2-3,8-10,13H2,1H3,(H,21,25)/t17-/m1/s1. The Kier molecular flexibility index (Phi) is 6.86. The Balaban J connectivity index is 1.44. The molecule has 1 aliphatic heterocycles. The summed E-state index contributed by atoms with van der Waals surface area (Å²) >= 11 is 3.30. The van der Waals surface area contributed by atoms with Crippen LogP contribution in [0.3, 0.4) is 0 Å². The lowest BCUT2D eigenvalue weighted by Crippen LogP contribution is -2.49. The molecular formula is C19H23BrN4O3. The van der Waals surface area contributed by atoms with E-state index in [1.54, 1.807) is 24.4 Å². The Morgan fingerprint density at radius 2 is 2.04 bits per heavy atom. The Labute approximate surface area is 167 Å². The van der Waals surface area contributed by atoms with Crippen molar-refractivity contribution in [2.75, 3.05) is 26.7 Å². The van der Waals surface area contributed by atoms with E-state index in [2.05, 4.69) is 31.2 Å². The Bertz CT molecular complexity index is 740. The molecule has 1 aliphatic rings. The van der Waals surface area contributed by atoms with Crippen LogP contribution in [0.15, 0.2) is 41.1 Å². The molecule has 1 atom stereocenters. The number of aromatic nitrogens is 2. The van der Waals surface area contributed by atoms with E-state index in [1.165, 1.54) is 0 Å². The number of hydrogen-bond acceptors (Lipinski definition) is 5. The Morgan fingerprint density at radius 3 is 2.74 bits per heavy atom. The highest BCUT2D eigenvalue weighted by atomic mass is 79.9. The van der Waals surface area contributed by atoms with Gasteiger partial charge in [-0.1, -0.05) is 12.1 Å². The Morgan fingerprint density at radius 1 is 1.30 bits per heavy atom. The minimum absolute atomic E-state index is 0.0615. The van der Waals surface area contributed by atoms with Gasteiger partial charge in [-0.25, -0.2) is 14.8 Å². The van der Waals surface area contributed by atoms with E-state index in [0.717, 1.165) is 41.6 Å². The number of ether oxygens (including phenoxy) is 2. The van der Waals surface area contributed by atoms with Gasteiger partial charge in [0.1, 0.15) is 11.9 Å². The second kappa shape index (κ2) is 9.55. The zero-order valence-corrected chi connectivity index (χ0v) is 16.8. The molecule has 1 aromatic carbocycles. The van der Waals surface area contributed by atoms with Crippen molar-refractivity contribution in [1.82, 2.24) is 20.2 Å². The molecule has 8 heteroatoms. The topological polar surface area (TPSA) is 76.6 Å². The number of likely N-dealkylation sites (tertiary alicyclic amines) is 1. The van der Waals surface area contributed by atoms with E-state index in [0.29, 0.717) is 19.1 Å². The molecule has 2 heterocycles. The molecule has 1 fully saturated rings. The smallest absolute Gasteiger partial charge is 0.317 e. The summed E-state index contributed by atoms with van der Waals surface area (Å²) in [6, 6.07) is 8.14. The predicted octanol–water partition coefficient (Wildman–Crippen LogP) is 3.04. The van der Waals surface area contributed by atoms with Gasteiger partial charge < -0.3 is 19.7 Å². The van der Waals surface area contributed by atoms with E-state index in [-0.39, 0.29) is 12.1 Å². The summed E-state index contributed by atoms with van der Waals surface area (Å²) in [7, 11) is 1.65. The van der Waals surface area contributed by atoms with Crippen LogP contribution >= 0.6 is 15.9 Å². The average molecular weight is 435 g/mol. The highest BCUT2D eigenvalue weighted by Crippen LogP contribution is 2.16. The van der Waals surface area contributed by atoms with Crippen molar-refractivity contribution in [3.05, 3.63) is 46.7 Å². The molecule has 1 saturated heterocycles. The third kappa shape index (κ3) is 5.82. The number of amides is 2. The Hall–Kier alpha value is -2.35. The van der Waals surface area contributed by atoms with Gasteiger partial charge in [0.15, 0.2) is 0 Å².